The molecule has 5 nitrogen and oxygen atoms in total. The molecule has 0 atom stereocenters. The summed E-state index contributed by atoms with van der Waals surface area (Å²) in [4.78, 5) is 12.6. The van der Waals surface area contributed by atoms with Crippen molar-refractivity contribution in [3.05, 3.63) is 77.9 Å². The number of rotatable bonds is 2. The first-order valence-electron chi connectivity index (χ1n) is 9.32. The Bertz CT molecular complexity index is 1190. The van der Waals surface area contributed by atoms with Gasteiger partial charge in [0.15, 0.2) is 0 Å². The number of ether oxygens (including phenoxy) is 1. The lowest BCUT2D eigenvalue weighted by Crippen LogP contribution is -2.45. The van der Waals surface area contributed by atoms with Crippen LogP contribution in [-0.2, 0) is 20.4 Å². The molecule has 1 fully saturated rings. The summed E-state index contributed by atoms with van der Waals surface area (Å²) in [5.41, 5.74) is 0.758. The molecule has 2 aliphatic rings. The van der Waals surface area contributed by atoms with Gasteiger partial charge in [0.1, 0.15) is 5.60 Å². The summed E-state index contributed by atoms with van der Waals surface area (Å²) in [6, 6.07) is 20.2. The van der Waals surface area contributed by atoms with Crippen LogP contribution < -0.4 is 0 Å². The zero-order chi connectivity index (χ0) is 19.4. The van der Waals surface area contributed by atoms with Crippen molar-refractivity contribution in [3.63, 3.8) is 0 Å². The van der Waals surface area contributed by atoms with E-state index in [2.05, 4.69) is 0 Å². The molecule has 5 rings (SSSR count). The summed E-state index contributed by atoms with van der Waals surface area (Å²) in [6.45, 7) is 0.625. The lowest BCUT2D eigenvalue weighted by Gasteiger charge is -2.38. The average molecular weight is 393 g/mol. The maximum absolute atomic E-state index is 13.3. The highest BCUT2D eigenvalue weighted by molar-refractivity contribution is 7.89. The van der Waals surface area contributed by atoms with Gasteiger partial charge in [-0.25, -0.2) is 13.2 Å². The number of carbonyl (C=O) groups excluding carboxylic acids is 1. The van der Waals surface area contributed by atoms with Crippen LogP contribution in [-0.4, -0.2) is 31.8 Å². The smallest absolute Gasteiger partial charge is 0.339 e. The minimum Gasteiger partial charge on any atom is -0.450 e. The molecule has 0 bridgehead atoms. The second kappa shape index (κ2) is 6.15. The van der Waals surface area contributed by atoms with E-state index in [0.29, 0.717) is 36.4 Å². The molecule has 0 radical (unpaired) electrons. The fourth-order valence-corrected chi connectivity index (χ4v) is 6.02. The zero-order valence-electron chi connectivity index (χ0n) is 15.2. The van der Waals surface area contributed by atoms with Crippen molar-refractivity contribution < 1.29 is 17.9 Å². The molecule has 1 saturated heterocycles. The lowest BCUT2D eigenvalue weighted by molar-refractivity contribution is -0.0329. The van der Waals surface area contributed by atoms with E-state index in [1.54, 1.807) is 18.2 Å². The number of hydrogen-bond donors (Lipinski definition) is 0. The fraction of sp³-hybridized carbons (Fsp3) is 0.227. The van der Waals surface area contributed by atoms with E-state index in [1.165, 1.54) is 4.31 Å². The van der Waals surface area contributed by atoms with Crippen molar-refractivity contribution in [1.82, 2.24) is 4.31 Å². The molecule has 2 heterocycles. The van der Waals surface area contributed by atoms with Crippen molar-refractivity contribution >= 4 is 26.8 Å². The average Bonchev–Trinajstić information content (AvgIpc) is 2.99. The third kappa shape index (κ3) is 2.48. The molecule has 0 unspecified atom stereocenters. The highest BCUT2D eigenvalue weighted by atomic mass is 32.2. The van der Waals surface area contributed by atoms with E-state index < -0.39 is 15.6 Å². The Kier molecular flexibility index (Phi) is 3.82. The number of benzene rings is 3. The Morgan fingerprint density at radius 3 is 2.36 bits per heavy atom. The number of esters is 1. The molecule has 1 spiro atoms. The van der Waals surface area contributed by atoms with Crippen LogP contribution in [0.5, 0.6) is 0 Å². The maximum Gasteiger partial charge on any atom is 0.339 e. The number of fused-ring (bicyclic) bond motifs is 3. The highest BCUT2D eigenvalue weighted by Gasteiger charge is 2.48. The van der Waals surface area contributed by atoms with E-state index in [4.69, 9.17) is 4.74 Å². The quantitative estimate of drug-likeness (QED) is 0.623. The normalized spacial score (nSPS) is 18.9. The Morgan fingerprint density at radius 2 is 1.54 bits per heavy atom. The van der Waals surface area contributed by atoms with Gasteiger partial charge in [-0.3, -0.25) is 0 Å². The van der Waals surface area contributed by atoms with E-state index in [9.17, 15) is 13.2 Å². The Hall–Kier alpha value is -2.70. The van der Waals surface area contributed by atoms with Gasteiger partial charge in [-0.05, 0) is 17.5 Å². The van der Waals surface area contributed by atoms with Crippen LogP contribution in [0.25, 0.3) is 10.8 Å². The summed E-state index contributed by atoms with van der Waals surface area (Å²) < 4.78 is 33.9. The SMILES string of the molecule is O=C1OC2(CCN(S(=O)(=O)c3cccc4ccccc34)CC2)c2ccccc21. The molecule has 3 aromatic carbocycles. The van der Waals surface area contributed by atoms with Gasteiger partial charge >= 0.3 is 5.97 Å². The van der Waals surface area contributed by atoms with Crippen LogP contribution in [0.4, 0.5) is 0 Å². The number of piperidine rings is 1. The van der Waals surface area contributed by atoms with Gasteiger partial charge in [-0.1, -0.05) is 54.6 Å². The maximum atomic E-state index is 13.3. The van der Waals surface area contributed by atoms with Crippen LogP contribution in [0, 0.1) is 0 Å². The lowest BCUT2D eigenvalue weighted by atomic mass is 9.84. The third-order valence-electron chi connectivity index (χ3n) is 5.82. The highest BCUT2D eigenvalue weighted by Crippen LogP contribution is 2.44. The number of hydrogen-bond acceptors (Lipinski definition) is 4. The second-order valence-electron chi connectivity index (χ2n) is 7.31. The van der Waals surface area contributed by atoms with Gasteiger partial charge in [0.2, 0.25) is 10.0 Å². The molecule has 3 aromatic rings. The summed E-state index contributed by atoms with van der Waals surface area (Å²) in [5.74, 6) is -0.319. The molecule has 0 aliphatic carbocycles. The Labute approximate surface area is 163 Å². The van der Waals surface area contributed by atoms with Gasteiger partial charge in [0.25, 0.3) is 0 Å². The predicted octanol–water partition coefficient (Wildman–Crippen LogP) is 3.69. The van der Waals surface area contributed by atoms with Crippen molar-refractivity contribution in [2.75, 3.05) is 13.1 Å². The van der Waals surface area contributed by atoms with E-state index in [1.807, 2.05) is 48.5 Å². The molecule has 0 aromatic heterocycles. The Morgan fingerprint density at radius 1 is 0.857 bits per heavy atom. The molecule has 0 amide bonds. The molecule has 2 aliphatic heterocycles. The Balaban J connectivity index is 1.47. The molecule has 6 heteroatoms. The van der Waals surface area contributed by atoms with Gasteiger partial charge in [-0.15, -0.1) is 0 Å². The van der Waals surface area contributed by atoms with Gasteiger partial charge in [-0.2, -0.15) is 4.31 Å². The van der Waals surface area contributed by atoms with E-state index in [-0.39, 0.29) is 5.97 Å². The van der Waals surface area contributed by atoms with Gasteiger partial charge in [0.05, 0.1) is 10.5 Å². The second-order valence-corrected chi connectivity index (χ2v) is 9.22. The minimum absolute atomic E-state index is 0.313. The monoisotopic (exact) mass is 393 g/mol. The van der Waals surface area contributed by atoms with Crippen molar-refractivity contribution in [2.45, 2.75) is 23.3 Å². The standard InChI is InChI=1S/C22H19NO4S/c24-21-18-9-3-4-10-19(18)22(27-21)12-14-23(15-13-22)28(25,26)20-11-5-7-16-6-1-2-8-17(16)20/h1-11H,12-15H2. The number of nitrogens with zero attached hydrogens (tertiary/aromatic N) is 1. The summed E-state index contributed by atoms with van der Waals surface area (Å²) in [7, 11) is -3.63. The molecule has 142 valence electrons. The molecule has 28 heavy (non-hydrogen) atoms. The van der Waals surface area contributed by atoms with Crippen LogP contribution in [0.2, 0.25) is 0 Å². The van der Waals surface area contributed by atoms with Crippen molar-refractivity contribution in [2.24, 2.45) is 0 Å². The first-order valence-corrected chi connectivity index (χ1v) is 10.8. The minimum atomic E-state index is -3.63. The summed E-state index contributed by atoms with van der Waals surface area (Å²) in [5, 5.41) is 1.62. The molecule has 0 saturated carbocycles. The first kappa shape index (κ1) is 17.4. The van der Waals surface area contributed by atoms with Crippen molar-refractivity contribution in [3.8, 4) is 0 Å². The summed E-state index contributed by atoms with van der Waals surface area (Å²) in [6.07, 6.45) is 0.916. The molecule has 0 N–H and O–H groups in total. The van der Waals surface area contributed by atoms with Gasteiger partial charge < -0.3 is 4.74 Å². The van der Waals surface area contributed by atoms with Crippen LogP contribution >= 0.6 is 0 Å². The van der Waals surface area contributed by atoms with E-state index in [0.717, 1.165) is 16.3 Å². The van der Waals surface area contributed by atoms with Gasteiger partial charge in [0, 0.05) is 36.9 Å². The largest absolute Gasteiger partial charge is 0.450 e. The predicted molar refractivity (Wildman–Crippen MR) is 105 cm³/mol. The molecular formula is C22H19NO4S. The number of sulfonamides is 1. The topological polar surface area (TPSA) is 63.7 Å². The van der Waals surface area contributed by atoms with E-state index >= 15 is 0 Å². The zero-order valence-corrected chi connectivity index (χ0v) is 16.0. The molecular weight excluding hydrogens is 374 g/mol. The number of carbonyl (C=O) groups is 1. The third-order valence-corrected chi connectivity index (χ3v) is 7.78. The van der Waals surface area contributed by atoms with Crippen molar-refractivity contribution in [1.29, 1.82) is 0 Å². The van der Waals surface area contributed by atoms with Crippen LogP contribution in [0.3, 0.4) is 0 Å². The summed E-state index contributed by atoms with van der Waals surface area (Å²) >= 11 is 0. The van der Waals surface area contributed by atoms with Crippen LogP contribution in [0.1, 0.15) is 28.8 Å². The fourth-order valence-electron chi connectivity index (χ4n) is 4.36. The first-order chi connectivity index (χ1) is 13.5. The van der Waals surface area contributed by atoms with Crippen LogP contribution in [0.15, 0.2) is 71.6 Å².